The van der Waals surface area contributed by atoms with Crippen LogP contribution in [0, 0.1) is 0 Å². The van der Waals surface area contributed by atoms with Crippen LogP contribution in [0.15, 0.2) is 30.3 Å². The van der Waals surface area contributed by atoms with Gasteiger partial charge in [-0.2, -0.15) is 0 Å². The molecule has 0 atom stereocenters. The first-order valence-corrected chi connectivity index (χ1v) is 5.44. The second kappa shape index (κ2) is 4.28. The lowest BCUT2D eigenvalue weighted by atomic mass is 10.1. The molecule has 0 aliphatic rings. The van der Waals surface area contributed by atoms with Gasteiger partial charge in [0.15, 0.2) is 0 Å². The van der Waals surface area contributed by atoms with Crippen molar-refractivity contribution >= 4 is 36.4 Å². The molecule has 0 aliphatic carbocycles. The maximum atomic E-state index is 6.03. The van der Waals surface area contributed by atoms with Crippen LogP contribution in [0.3, 0.4) is 0 Å². The van der Waals surface area contributed by atoms with E-state index < -0.39 is 0 Å². The summed E-state index contributed by atoms with van der Waals surface area (Å²) in [6, 6.07) is 9.19. The van der Waals surface area contributed by atoms with E-state index in [2.05, 4.69) is 18.1 Å². The molecule has 1 aromatic carbocycles. The van der Waals surface area contributed by atoms with Gasteiger partial charge in [-0.3, -0.25) is 0 Å². The summed E-state index contributed by atoms with van der Waals surface area (Å²) in [7, 11) is 0. The van der Waals surface area contributed by atoms with Crippen molar-refractivity contribution in [1.82, 2.24) is 4.98 Å². The van der Waals surface area contributed by atoms with Gasteiger partial charge >= 0.3 is 0 Å². The SMILES string of the molecule is C=c1nc(-c2ccc(Cl)cc2)cc(Cl)c1=C. The topological polar surface area (TPSA) is 12.9 Å². The fraction of sp³-hybridized carbons (Fsp3) is 0. The molecule has 0 amide bonds. The van der Waals surface area contributed by atoms with Gasteiger partial charge in [-0.15, -0.1) is 0 Å². The Labute approximate surface area is 104 Å². The van der Waals surface area contributed by atoms with Crippen molar-refractivity contribution in [2.75, 3.05) is 0 Å². The molecule has 3 heteroatoms. The molecule has 1 heterocycles. The Morgan fingerprint density at radius 3 is 2.19 bits per heavy atom. The summed E-state index contributed by atoms with van der Waals surface area (Å²) < 4.78 is 0. The van der Waals surface area contributed by atoms with Crippen LogP contribution in [-0.4, -0.2) is 4.98 Å². The van der Waals surface area contributed by atoms with Crippen LogP contribution in [0.4, 0.5) is 0 Å². The molecule has 1 aromatic heterocycles. The van der Waals surface area contributed by atoms with Crippen molar-refractivity contribution in [2.45, 2.75) is 0 Å². The molecule has 16 heavy (non-hydrogen) atoms. The number of halogens is 2. The molecular formula is C13H9Cl2N. The molecule has 0 saturated carbocycles. The first-order chi connectivity index (χ1) is 7.58. The van der Waals surface area contributed by atoms with E-state index in [0.717, 1.165) is 11.3 Å². The van der Waals surface area contributed by atoms with Crippen LogP contribution in [-0.2, 0) is 0 Å². The highest BCUT2D eigenvalue weighted by Crippen LogP contribution is 2.19. The molecule has 2 aromatic rings. The second-order valence-electron chi connectivity index (χ2n) is 3.42. The zero-order chi connectivity index (χ0) is 11.7. The summed E-state index contributed by atoms with van der Waals surface area (Å²) in [4.78, 5) is 4.33. The van der Waals surface area contributed by atoms with Crippen molar-refractivity contribution in [1.29, 1.82) is 0 Å². The smallest absolute Gasteiger partial charge is 0.0724 e. The van der Waals surface area contributed by atoms with E-state index in [1.165, 1.54) is 0 Å². The van der Waals surface area contributed by atoms with Gasteiger partial charge < -0.3 is 0 Å². The quantitative estimate of drug-likeness (QED) is 0.758. The van der Waals surface area contributed by atoms with E-state index in [4.69, 9.17) is 23.2 Å². The normalized spacial score (nSPS) is 10.4. The lowest BCUT2D eigenvalue weighted by Gasteiger charge is -2.02. The minimum Gasteiger partial charge on any atom is -0.248 e. The highest BCUT2D eigenvalue weighted by molar-refractivity contribution is 6.31. The number of rotatable bonds is 1. The first kappa shape index (κ1) is 11.2. The number of nitrogens with zero attached hydrogens (tertiary/aromatic N) is 1. The molecule has 0 bridgehead atoms. The Bertz CT molecular complexity index is 618. The molecule has 0 saturated heterocycles. The minimum absolute atomic E-state index is 0.574. The average Bonchev–Trinajstić information content (AvgIpc) is 2.26. The van der Waals surface area contributed by atoms with Gasteiger partial charge in [-0.25, -0.2) is 4.98 Å². The largest absolute Gasteiger partial charge is 0.248 e. The number of benzene rings is 1. The fourth-order valence-electron chi connectivity index (χ4n) is 1.36. The lowest BCUT2D eigenvalue weighted by molar-refractivity contribution is 1.23. The third kappa shape index (κ3) is 2.11. The Balaban J connectivity index is 2.61. The highest BCUT2D eigenvalue weighted by Gasteiger charge is 2.01. The molecule has 0 spiro atoms. The van der Waals surface area contributed by atoms with Crippen LogP contribution in [0.2, 0.25) is 10.0 Å². The van der Waals surface area contributed by atoms with Gasteiger partial charge in [0.25, 0.3) is 0 Å². The van der Waals surface area contributed by atoms with E-state index in [1.54, 1.807) is 6.07 Å². The predicted molar refractivity (Wildman–Crippen MR) is 70.0 cm³/mol. The summed E-state index contributed by atoms with van der Waals surface area (Å²) in [6.45, 7) is 7.59. The van der Waals surface area contributed by atoms with Crippen LogP contribution in [0.25, 0.3) is 24.4 Å². The van der Waals surface area contributed by atoms with E-state index in [9.17, 15) is 0 Å². The molecule has 0 unspecified atom stereocenters. The number of hydrogen-bond donors (Lipinski definition) is 0. The average molecular weight is 250 g/mol. The van der Waals surface area contributed by atoms with E-state index in [1.807, 2.05) is 24.3 Å². The Morgan fingerprint density at radius 1 is 1.00 bits per heavy atom. The Kier molecular flexibility index (Phi) is 2.99. The van der Waals surface area contributed by atoms with Crippen molar-refractivity contribution in [2.24, 2.45) is 0 Å². The summed E-state index contributed by atoms with van der Waals surface area (Å²) in [5, 5.41) is 2.53. The maximum absolute atomic E-state index is 6.03. The zero-order valence-electron chi connectivity index (χ0n) is 8.50. The summed E-state index contributed by atoms with van der Waals surface area (Å²) in [5.41, 5.74) is 1.73. The van der Waals surface area contributed by atoms with Gasteiger partial charge in [0.05, 0.1) is 16.1 Å². The zero-order valence-corrected chi connectivity index (χ0v) is 10.0. The van der Waals surface area contributed by atoms with Crippen LogP contribution >= 0.6 is 23.2 Å². The van der Waals surface area contributed by atoms with Gasteiger partial charge in [0.2, 0.25) is 0 Å². The molecule has 0 fully saturated rings. The molecule has 80 valence electrons. The molecule has 0 aliphatic heterocycles. The van der Waals surface area contributed by atoms with Crippen LogP contribution in [0.1, 0.15) is 0 Å². The van der Waals surface area contributed by atoms with Crippen LogP contribution in [0.5, 0.6) is 0 Å². The van der Waals surface area contributed by atoms with E-state index in [-0.39, 0.29) is 0 Å². The van der Waals surface area contributed by atoms with Crippen molar-refractivity contribution in [3.8, 4) is 11.3 Å². The van der Waals surface area contributed by atoms with Crippen molar-refractivity contribution in [3.63, 3.8) is 0 Å². The first-order valence-electron chi connectivity index (χ1n) is 4.68. The third-order valence-corrected chi connectivity index (χ3v) is 2.88. The summed E-state index contributed by atoms with van der Waals surface area (Å²) in [5.74, 6) is 0. The monoisotopic (exact) mass is 249 g/mol. The number of hydrogen-bond acceptors (Lipinski definition) is 1. The summed E-state index contributed by atoms with van der Waals surface area (Å²) >= 11 is 11.8. The Hall–Kier alpha value is -1.31. The molecule has 0 N–H and O–H groups in total. The number of pyridine rings is 1. The van der Waals surface area contributed by atoms with Gasteiger partial charge in [-0.1, -0.05) is 48.5 Å². The standard InChI is InChI=1S/C13H9Cl2N/c1-8-9(2)16-13(7-12(8)15)10-3-5-11(14)6-4-10/h3-7H,1-2H2. The molecule has 1 nitrogen and oxygen atoms in total. The highest BCUT2D eigenvalue weighted by atomic mass is 35.5. The third-order valence-electron chi connectivity index (χ3n) is 2.30. The lowest BCUT2D eigenvalue weighted by Crippen LogP contribution is -2.26. The minimum atomic E-state index is 0.574. The van der Waals surface area contributed by atoms with Crippen molar-refractivity contribution in [3.05, 3.63) is 50.9 Å². The maximum Gasteiger partial charge on any atom is 0.0724 e. The summed E-state index contributed by atoms with van der Waals surface area (Å²) in [6.07, 6.45) is 0. The van der Waals surface area contributed by atoms with Gasteiger partial charge in [0.1, 0.15) is 0 Å². The Morgan fingerprint density at radius 2 is 1.62 bits per heavy atom. The van der Waals surface area contributed by atoms with Crippen molar-refractivity contribution < 1.29 is 0 Å². The second-order valence-corrected chi connectivity index (χ2v) is 4.27. The molecular weight excluding hydrogens is 241 g/mol. The van der Waals surface area contributed by atoms with E-state index >= 15 is 0 Å². The fourth-order valence-corrected chi connectivity index (χ4v) is 1.70. The molecule has 2 rings (SSSR count). The van der Waals surface area contributed by atoms with E-state index in [0.29, 0.717) is 20.6 Å². The molecule has 0 radical (unpaired) electrons. The van der Waals surface area contributed by atoms with Gasteiger partial charge in [0, 0.05) is 15.8 Å². The van der Waals surface area contributed by atoms with Gasteiger partial charge in [-0.05, 0) is 18.2 Å². The number of aromatic nitrogens is 1. The predicted octanol–water partition coefficient (Wildman–Crippen LogP) is 2.88. The van der Waals surface area contributed by atoms with Crippen LogP contribution < -0.4 is 10.6 Å².